The van der Waals surface area contributed by atoms with E-state index < -0.39 is 48.0 Å². The van der Waals surface area contributed by atoms with Gasteiger partial charge in [0.05, 0.1) is 13.2 Å². The van der Waals surface area contributed by atoms with Crippen LogP contribution in [0.3, 0.4) is 0 Å². The molecule has 0 aromatic rings. The van der Waals surface area contributed by atoms with Gasteiger partial charge < -0.3 is 20.2 Å². The Morgan fingerprint density at radius 1 is 1.27 bits per heavy atom. The van der Waals surface area contributed by atoms with Crippen molar-refractivity contribution in [3.05, 3.63) is 0 Å². The average molecular weight is 316 g/mol. The van der Waals surface area contributed by atoms with E-state index in [1.54, 1.807) is 20.8 Å². The molecule has 1 saturated heterocycles. The Bertz CT molecular complexity index is 459. The average Bonchev–Trinajstić information content (AvgIpc) is 2.83. The summed E-state index contributed by atoms with van der Waals surface area (Å²) in [5.41, 5.74) is -2.06. The predicted octanol–water partition coefficient (Wildman–Crippen LogP) is -0.487. The number of aliphatic hydroxyl groups is 1. The molecule has 1 aliphatic heterocycles. The van der Waals surface area contributed by atoms with E-state index in [1.165, 1.54) is 4.90 Å². The SMILES string of the molecule is CC(C)(C)[C@@]1(C(=O)O)CCCN1C(=O)[C@H](CO)NCC(=O)O. The molecule has 0 saturated carbocycles. The van der Waals surface area contributed by atoms with Gasteiger partial charge in [0.25, 0.3) is 0 Å². The molecule has 0 bridgehead atoms. The molecule has 1 fully saturated rings. The van der Waals surface area contributed by atoms with Crippen LogP contribution < -0.4 is 5.32 Å². The highest BCUT2D eigenvalue weighted by atomic mass is 16.4. The van der Waals surface area contributed by atoms with Crippen LogP contribution in [0, 0.1) is 5.41 Å². The first-order valence-corrected chi connectivity index (χ1v) is 7.19. The maximum Gasteiger partial charge on any atom is 0.330 e. The van der Waals surface area contributed by atoms with Gasteiger partial charge in [0, 0.05) is 6.54 Å². The topological polar surface area (TPSA) is 127 Å². The number of aliphatic hydroxyl groups excluding tert-OH is 1. The first-order chi connectivity index (χ1) is 10.1. The number of carboxylic acids is 2. The van der Waals surface area contributed by atoms with Crippen molar-refractivity contribution in [2.45, 2.75) is 45.2 Å². The fourth-order valence-corrected chi connectivity index (χ4v) is 3.07. The molecule has 0 unspecified atom stereocenters. The van der Waals surface area contributed by atoms with Gasteiger partial charge in [-0.05, 0) is 18.3 Å². The summed E-state index contributed by atoms with van der Waals surface area (Å²) in [4.78, 5) is 36.4. The van der Waals surface area contributed by atoms with E-state index in [2.05, 4.69) is 5.32 Å². The molecule has 22 heavy (non-hydrogen) atoms. The Balaban J connectivity index is 3.08. The summed E-state index contributed by atoms with van der Waals surface area (Å²) in [6.07, 6.45) is 0.876. The third-order valence-corrected chi connectivity index (χ3v) is 4.22. The fourth-order valence-electron chi connectivity index (χ4n) is 3.07. The van der Waals surface area contributed by atoms with Gasteiger partial charge in [-0.3, -0.25) is 14.9 Å². The van der Waals surface area contributed by atoms with Crippen LogP contribution in [0.15, 0.2) is 0 Å². The van der Waals surface area contributed by atoms with Crippen molar-refractivity contribution in [1.82, 2.24) is 10.2 Å². The number of hydrogen-bond acceptors (Lipinski definition) is 5. The summed E-state index contributed by atoms with van der Waals surface area (Å²) in [5.74, 6) is -2.83. The smallest absolute Gasteiger partial charge is 0.330 e. The van der Waals surface area contributed by atoms with Crippen LogP contribution in [0.4, 0.5) is 0 Å². The second kappa shape index (κ2) is 6.62. The molecule has 0 aromatic heterocycles. The molecule has 0 aromatic carbocycles. The molecule has 0 radical (unpaired) electrons. The molecule has 8 nitrogen and oxygen atoms in total. The van der Waals surface area contributed by atoms with Crippen molar-refractivity contribution in [3.8, 4) is 0 Å². The standard InChI is InChI=1S/C14H24N2O6/c1-13(2,3)14(12(21)22)5-4-6-16(14)11(20)9(8-17)15-7-10(18)19/h9,15,17H,4-8H2,1-3H3,(H,18,19)(H,21,22)/t9-,14-/m0/s1. The molecule has 1 amide bonds. The molecule has 2 atom stereocenters. The van der Waals surface area contributed by atoms with E-state index >= 15 is 0 Å². The van der Waals surface area contributed by atoms with Gasteiger partial charge in [0.1, 0.15) is 11.6 Å². The van der Waals surface area contributed by atoms with E-state index in [9.17, 15) is 24.6 Å². The Morgan fingerprint density at radius 2 is 1.86 bits per heavy atom. The minimum absolute atomic E-state index is 0.271. The van der Waals surface area contributed by atoms with E-state index in [4.69, 9.17) is 5.11 Å². The molecule has 0 aliphatic carbocycles. The maximum absolute atomic E-state index is 12.6. The van der Waals surface area contributed by atoms with E-state index in [1.807, 2.05) is 0 Å². The minimum atomic E-state index is -1.36. The summed E-state index contributed by atoms with van der Waals surface area (Å²) >= 11 is 0. The molecule has 126 valence electrons. The number of likely N-dealkylation sites (tertiary alicyclic amines) is 1. The summed E-state index contributed by atoms with van der Waals surface area (Å²) < 4.78 is 0. The summed E-state index contributed by atoms with van der Waals surface area (Å²) in [5, 5.41) is 30.2. The second-order valence-electron chi connectivity index (χ2n) is 6.52. The lowest BCUT2D eigenvalue weighted by Gasteiger charge is -2.45. The van der Waals surface area contributed by atoms with Crippen LogP contribution in [0.5, 0.6) is 0 Å². The van der Waals surface area contributed by atoms with Gasteiger partial charge in [0.15, 0.2) is 0 Å². The number of nitrogens with one attached hydrogen (secondary N) is 1. The first-order valence-electron chi connectivity index (χ1n) is 7.19. The summed E-state index contributed by atoms with van der Waals surface area (Å²) in [6.45, 7) is 4.46. The van der Waals surface area contributed by atoms with Gasteiger partial charge in [-0.15, -0.1) is 0 Å². The molecule has 0 spiro atoms. The highest BCUT2D eigenvalue weighted by Crippen LogP contribution is 2.44. The quantitative estimate of drug-likeness (QED) is 0.521. The van der Waals surface area contributed by atoms with Crippen LogP contribution in [0.2, 0.25) is 0 Å². The second-order valence-corrected chi connectivity index (χ2v) is 6.52. The van der Waals surface area contributed by atoms with Gasteiger partial charge in [0.2, 0.25) is 5.91 Å². The van der Waals surface area contributed by atoms with Gasteiger partial charge in [-0.1, -0.05) is 20.8 Å². The van der Waals surface area contributed by atoms with Crippen molar-refractivity contribution in [2.24, 2.45) is 5.41 Å². The number of carbonyl (C=O) groups is 3. The van der Waals surface area contributed by atoms with Gasteiger partial charge in [-0.25, -0.2) is 4.79 Å². The Labute approximate surface area is 129 Å². The minimum Gasteiger partial charge on any atom is -0.480 e. The molecule has 1 aliphatic rings. The Morgan fingerprint density at radius 3 is 2.27 bits per heavy atom. The van der Waals surface area contributed by atoms with E-state index in [-0.39, 0.29) is 6.54 Å². The lowest BCUT2D eigenvalue weighted by molar-refractivity contribution is -0.166. The van der Waals surface area contributed by atoms with Gasteiger partial charge >= 0.3 is 11.9 Å². The van der Waals surface area contributed by atoms with Crippen molar-refractivity contribution in [1.29, 1.82) is 0 Å². The van der Waals surface area contributed by atoms with Crippen LogP contribution in [0.25, 0.3) is 0 Å². The Kier molecular flexibility index (Phi) is 5.53. The normalized spacial score (nSPS) is 23.4. The third kappa shape index (κ3) is 3.22. The molecule has 1 rings (SSSR count). The molecular weight excluding hydrogens is 292 g/mol. The lowest BCUT2D eigenvalue weighted by atomic mass is 9.71. The number of carboxylic acid groups (broad SMARTS) is 2. The largest absolute Gasteiger partial charge is 0.480 e. The fraction of sp³-hybridized carbons (Fsp3) is 0.786. The lowest BCUT2D eigenvalue weighted by Crippen LogP contribution is -2.64. The predicted molar refractivity (Wildman–Crippen MR) is 77.3 cm³/mol. The van der Waals surface area contributed by atoms with E-state index in [0.717, 1.165) is 0 Å². The van der Waals surface area contributed by atoms with E-state index in [0.29, 0.717) is 12.8 Å². The van der Waals surface area contributed by atoms with Crippen molar-refractivity contribution in [3.63, 3.8) is 0 Å². The number of hydrogen-bond donors (Lipinski definition) is 4. The molecule has 4 N–H and O–H groups in total. The number of aliphatic carboxylic acids is 2. The number of carbonyl (C=O) groups excluding carboxylic acids is 1. The van der Waals surface area contributed by atoms with Crippen LogP contribution >= 0.6 is 0 Å². The number of rotatable bonds is 6. The Hall–Kier alpha value is -1.67. The number of nitrogens with zero attached hydrogens (tertiary/aromatic N) is 1. The zero-order valence-corrected chi connectivity index (χ0v) is 13.1. The van der Waals surface area contributed by atoms with Crippen molar-refractivity contribution < 1.29 is 29.7 Å². The van der Waals surface area contributed by atoms with Gasteiger partial charge in [-0.2, -0.15) is 0 Å². The van der Waals surface area contributed by atoms with Crippen molar-refractivity contribution >= 4 is 17.8 Å². The van der Waals surface area contributed by atoms with Crippen LogP contribution in [-0.4, -0.2) is 69.3 Å². The highest BCUT2D eigenvalue weighted by Gasteiger charge is 2.57. The highest BCUT2D eigenvalue weighted by molar-refractivity contribution is 5.91. The summed E-state index contributed by atoms with van der Waals surface area (Å²) in [7, 11) is 0. The van der Waals surface area contributed by atoms with Crippen LogP contribution in [0.1, 0.15) is 33.6 Å². The molecule has 1 heterocycles. The van der Waals surface area contributed by atoms with Crippen LogP contribution in [-0.2, 0) is 14.4 Å². The zero-order valence-electron chi connectivity index (χ0n) is 13.1. The first kappa shape index (κ1) is 18.4. The monoisotopic (exact) mass is 316 g/mol. The third-order valence-electron chi connectivity index (χ3n) is 4.22. The van der Waals surface area contributed by atoms with Crippen molar-refractivity contribution in [2.75, 3.05) is 19.7 Å². The maximum atomic E-state index is 12.6. The summed E-state index contributed by atoms with van der Waals surface area (Å²) in [6, 6.07) is -1.13. The zero-order chi connectivity index (χ0) is 17.1. The molecular formula is C14H24N2O6. The number of amides is 1. The molecule has 8 heteroatoms.